The van der Waals surface area contributed by atoms with Crippen LogP contribution >= 0.6 is 0 Å². The van der Waals surface area contributed by atoms with E-state index in [0.29, 0.717) is 0 Å². The number of hydrogen-bond donors (Lipinski definition) is 0. The first-order chi connectivity index (χ1) is 32.8. The molecule has 0 fully saturated rings. The lowest BCUT2D eigenvalue weighted by molar-refractivity contribution is 0.752. The second-order valence-corrected chi connectivity index (χ2v) is 17.3. The predicted octanol–water partition coefficient (Wildman–Crippen LogP) is 17.1. The van der Waals surface area contributed by atoms with Crippen LogP contribution in [0.5, 0.6) is 0 Å². The number of nitrogens with zero attached hydrogens (tertiary/aromatic N) is 3. The summed E-state index contributed by atoms with van der Waals surface area (Å²) in [5, 5.41) is 4.82. The van der Waals surface area contributed by atoms with Gasteiger partial charge < -0.3 is 14.7 Å². The van der Waals surface area contributed by atoms with Gasteiger partial charge in [-0.3, -0.25) is 0 Å². The van der Waals surface area contributed by atoms with E-state index in [2.05, 4.69) is 276 Å². The van der Waals surface area contributed by atoms with Gasteiger partial charge in [0.2, 0.25) is 0 Å². The van der Waals surface area contributed by atoms with Crippen molar-refractivity contribution < 1.29 is 0 Å². The minimum absolute atomic E-state index is 0.697. The van der Waals surface area contributed by atoms with Gasteiger partial charge in [-0.15, -0.1) is 0 Å². The maximum absolute atomic E-state index is 2.50. The molecule has 11 aromatic rings. The van der Waals surface area contributed by atoms with Gasteiger partial charge in [0.15, 0.2) is 0 Å². The van der Waals surface area contributed by atoms with E-state index in [0.717, 1.165) is 39.8 Å². The molecule has 1 heterocycles. The van der Waals surface area contributed by atoms with Gasteiger partial charge in [0, 0.05) is 39.2 Å². The van der Waals surface area contributed by atoms with Crippen molar-refractivity contribution in [3.05, 3.63) is 283 Å². The van der Waals surface area contributed by atoms with Crippen LogP contribution in [0.4, 0.5) is 51.2 Å². The van der Waals surface area contributed by atoms with Crippen molar-refractivity contribution >= 4 is 72.7 Å². The second-order valence-electron chi connectivity index (χ2n) is 17.3. The third-order valence-electron chi connectivity index (χ3n) is 13.8. The molecule has 13 rings (SSSR count). The molecule has 0 unspecified atom stereocenters. The molecule has 0 bridgehead atoms. The smallest absolute Gasteiger partial charge is 0.0755 e. The number of hydrogen-bond acceptors (Lipinski definition) is 3. The summed E-state index contributed by atoms with van der Waals surface area (Å²) in [6, 6.07) is 95.8. The van der Waals surface area contributed by atoms with Crippen LogP contribution in [0, 0.1) is 0 Å². The Morgan fingerprint density at radius 3 is 1.17 bits per heavy atom. The van der Waals surface area contributed by atoms with Crippen molar-refractivity contribution in [1.29, 1.82) is 0 Å². The molecule has 2 aliphatic rings. The molecule has 0 saturated carbocycles. The van der Waals surface area contributed by atoms with Crippen LogP contribution in [0.3, 0.4) is 0 Å². The van der Waals surface area contributed by atoms with E-state index < -0.39 is 5.41 Å². The van der Waals surface area contributed by atoms with E-state index in [9.17, 15) is 0 Å². The van der Waals surface area contributed by atoms with Gasteiger partial charge in [-0.1, -0.05) is 176 Å². The highest BCUT2D eigenvalue weighted by molar-refractivity contribution is 6.03. The van der Waals surface area contributed by atoms with Crippen molar-refractivity contribution in [3.63, 3.8) is 0 Å². The van der Waals surface area contributed by atoms with E-state index in [-0.39, 0.29) is 0 Å². The van der Waals surface area contributed by atoms with Crippen LogP contribution in [0.2, 0.25) is 0 Å². The van der Waals surface area contributed by atoms with Gasteiger partial charge in [0.05, 0.1) is 28.2 Å². The standard InChI is InChI=1S/C63H43N3/c1-4-24-46(25-5-1)64(59-36-18-22-44-20-10-12-30-51(44)59)49-38-40-53-54-41-39-50(65(47-26-6-2-7-27-47)60-37-19-23-45-21-11-13-31-52(45)60)43-58(54)63(57(53)42-49)55-32-14-16-34-61(55)66(48-28-8-3-9-29-48)62-35-17-15-33-56(62)63/h1-43H. The van der Waals surface area contributed by atoms with Gasteiger partial charge in [0.1, 0.15) is 0 Å². The fourth-order valence-electron chi connectivity index (χ4n) is 11.1. The lowest BCUT2D eigenvalue weighted by Gasteiger charge is -2.45. The largest absolute Gasteiger partial charge is 0.310 e. The third kappa shape index (κ3) is 5.70. The van der Waals surface area contributed by atoms with Crippen molar-refractivity contribution in [2.75, 3.05) is 14.7 Å². The molecule has 0 atom stereocenters. The lowest BCUT2D eigenvalue weighted by atomic mass is 9.64. The summed E-state index contributed by atoms with van der Waals surface area (Å²) in [7, 11) is 0. The molecule has 0 radical (unpaired) electrons. The Hall–Kier alpha value is -8.66. The molecule has 3 nitrogen and oxygen atoms in total. The van der Waals surface area contributed by atoms with Gasteiger partial charge in [-0.05, 0) is 129 Å². The SMILES string of the molecule is c1ccc(N2c3ccccc3C3(c4cc(N(c5ccccc5)c5cccc6ccccc56)ccc4-c4ccc(N(c5ccccc5)c5cccc6ccccc56)cc43)c3ccccc32)cc1. The summed E-state index contributed by atoms with van der Waals surface area (Å²) >= 11 is 0. The van der Waals surface area contributed by atoms with Crippen molar-refractivity contribution in [1.82, 2.24) is 0 Å². The maximum Gasteiger partial charge on any atom is 0.0755 e. The van der Waals surface area contributed by atoms with Crippen LogP contribution < -0.4 is 14.7 Å². The quantitative estimate of drug-likeness (QED) is 0.158. The number of anilines is 9. The minimum Gasteiger partial charge on any atom is -0.310 e. The topological polar surface area (TPSA) is 9.72 Å². The van der Waals surface area contributed by atoms with Crippen LogP contribution in [0.15, 0.2) is 261 Å². The highest BCUT2D eigenvalue weighted by Crippen LogP contribution is 2.64. The molecule has 11 aromatic carbocycles. The molecule has 66 heavy (non-hydrogen) atoms. The van der Waals surface area contributed by atoms with Crippen LogP contribution in [-0.4, -0.2) is 0 Å². The first-order valence-corrected chi connectivity index (χ1v) is 22.8. The van der Waals surface area contributed by atoms with E-state index in [1.807, 2.05) is 0 Å². The Bertz CT molecular complexity index is 3390. The van der Waals surface area contributed by atoms with E-state index in [4.69, 9.17) is 0 Å². The highest BCUT2D eigenvalue weighted by Gasteiger charge is 2.52. The lowest BCUT2D eigenvalue weighted by Crippen LogP contribution is -2.36. The zero-order chi connectivity index (χ0) is 43.6. The number of fused-ring (bicyclic) bond motifs is 11. The molecule has 1 spiro atoms. The average molecular weight is 842 g/mol. The Morgan fingerprint density at radius 1 is 0.288 bits per heavy atom. The molecular formula is C63H43N3. The first-order valence-electron chi connectivity index (χ1n) is 22.8. The molecule has 0 N–H and O–H groups in total. The van der Waals surface area contributed by atoms with Crippen molar-refractivity contribution in [3.8, 4) is 11.1 Å². The second kappa shape index (κ2) is 15.3. The Labute approximate surface area is 385 Å². The van der Waals surface area contributed by atoms with Crippen LogP contribution in [-0.2, 0) is 5.41 Å². The normalized spacial score (nSPS) is 12.9. The fraction of sp³-hybridized carbons (Fsp3) is 0.0159. The Kier molecular flexibility index (Phi) is 8.75. The predicted molar refractivity (Wildman–Crippen MR) is 276 cm³/mol. The van der Waals surface area contributed by atoms with E-state index in [1.54, 1.807) is 0 Å². The molecule has 1 aliphatic heterocycles. The molecule has 0 amide bonds. The maximum atomic E-state index is 2.50. The molecule has 3 heteroatoms. The van der Waals surface area contributed by atoms with Crippen molar-refractivity contribution in [2.24, 2.45) is 0 Å². The van der Waals surface area contributed by atoms with Crippen LogP contribution in [0.1, 0.15) is 22.3 Å². The van der Waals surface area contributed by atoms with E-state index >= 15 is 0 Å². The molecule has 0 aromatic heterocycles. The third-order valence-corrected chi connectivity index (χ3v) is 13.8. The summed E-state index contributed by atoms with van der Waals surface area (Å²) in [5.41, 5.74) is 16.9. The number of rotatable bonds is 7. The summed E-state index contributed by atoms with van der Waals surface area (Å²) in [5.74, 6) is 0. The molecule has 310 valence electrons. The molecular weight excluding hydrogens is 799 g/mol. The summed E-state index contributed by atoms with van der Waals surface area (Å²) in [6.07, 6.45) is 0. The summed E-state index contributed by atoms with van der Waals surface area (Å²) < 4.78 is 0. The first kappa shape index (κ1) is 37.9. The summed E-state index contributed by atoms with van der Waals surface area (Å²) in [4.78, 5) is 7.35. The van der Waals surface area contributed by atoms with Gasteiger partial charge in [0.25, 0.3) is 0 Å². The van der Waals surface area contributed by atoms with Crippen molar-refractivity contribution in [2.45, 2.75) is 5.41 Å². The average Bonchev–Trinajstić information content (AvgIpc) is 3.67. The Balaban J connectivity index is 1.12. The number of para-hydroxylation sites is 5. The highest BCUT2D eigenvalue weighted by atomic mass is 15.2. The van der Waals surface area contributed by atoms with Gasteiger partial charge in [-0.25, -0.2) is 0 Å². The minimum atomic E-state index is -0.697. The van der Waals surface area contributed by atoms with Crippen LogP contribution in [0.25, 0.3) is 32.7 Å². The zero-order valence-electron chi connectivity index (χ0n) is 36.2. The van der Waals surface area contributed by atoms with E-state index in [1.165, 1.54) is 66.3 Å². The number of benzene rings is 11. The molecule has 1 aliphatic carbocycles. The monoisotopic (exact) mass is 841 g/mol. The van der Waals surface area contributed by atoms with Gasteiger partial charge >= 0.3 is 0 Å². The Morgan fingerprint density at radius 2 is 0.682 bits per heavy atom. The zero-order valence-corrected chi connectivity index (χ0v) is 36.2. The summed E-state index contributed by atoms with van der Waals surface area (Å²) in [6.45, 7) is 0. The van der Waals surface area contributed by atoms with Gasteiger partial charge in [-0.2, -0.15) is 0 Å². The fourth-order valence-corrected chi connectivity index (χ4v) is 11.1. The molecule has 0 saturated heterocycles.